The van der Waals surface area contributed by atoms with Gasteiger partial charge in [-0.25, -0.2) is 0 Å². The van der Waals surface area contributed by atoms with Crippen LogP contribution in [0.5, 0.6) is 11.5 Å². The lowest BCUT2D eigenvalue weighted by Gasteiger charge is -2.13. The van der Waals surface area contributed by atoms with Crippen LogP contribution >= 0.6 is 0 Å². The normalized spacial score (nSPS) is 11.3. The minimum Gasteiger partial charge on any atom is -0.497 e. The van der Waals surface area contributed by atoms with E-state index >= 15 is 0 Å². The number of methoxy groups -OCH3 is 1. The largest absolute Gasteiger partial charge is 0.573 e. The Bertz CT molecular complexity index is 627. The Labute approximate surface area is 120 Å². The van der Waals surface area contributed by atoms with Crippen LogP contribution < -0.4 is 15.2 Å². The van der Waals surface area contributed by atoms with Gasteiger partial charge in [-0.3, -0.25) is 0 Å². The molecule has 0 aliphatic heterocycles. The molecule has 0 saturated heterocycles. The number of hydrogen-bond donors (Lipinski definition) is 1. The van der Waals surface area contributed by atoms with Crippen LogP contribution in [0.4, 0.5) is 13.2 Å². The highest BCUT2D eigenvalue weighted by atomic mass is 19.4. The molecule has 21 heavy (non-hydrogen) atoms. The number of nitrogens with two attached hydrogens (primary N) is 1. The molecule has 0 aliphatic rings. The molecule has 0 saturated carbocycles. The predicted molar refractivity (Wildman–Crippen MR) is 73.0 cm³/mol. The van der Waals surface area contributed by atoms with Gasteiger partial charge in [0.2, 0.25) is 0 Å². The summed E-state index contributed by atoms with van der Waals surface area (Å²) in [4.78, 5) is 0. The van der Waals surface area contributed by atoms with Gasteiger partial charge in [0.1, 0.15) is 11.5 Å². The van der Waals surface area contributed by atoms with Crippen LogP contribution in [0.1, 0.15) is 5.56 Å². The quantitative estimate of drug-likeness (QED) is 0.935. The van der Waals surface area contributed by atoms with Crippen molar-refractivity contribution in [1.82, 2.24) is 0 Å². The van der Waals surface area contributed by atoms with Crippen LogP contribution in [0.15, 0.2) is 42.5 Å². The second-order valence-corrected chi connectivity index (χ2v) is 4.35. The third kappa shape index (κ3) is 4.13. The Hall–Kier alpha value is -2.21. The molecule has 0 unspecified atom stereocenters. The molecule has 0 heterocycles. The Kier molecular flexibility index (Phi) is 4.37. The van der Waals surface area contributed by atoms with E-state index in [-0.39, 0.29) is 12.3 Å². The summed E-state index contributed by atoms with van der Waals surface area (Å²) < 4.78 is 46.2. The van der Waals surface area contributed by atoms with Gasteiger partial charge in [0.25, 0.3) is 0 Å². The van der Waals surface area contributed by atoms with Crippen molar-refractivity contribution in [2.45, 2.75) is 12.9 Å². The van der Waals surface area contributed by atoms with Crippen molar-refractivity contribution in [2.75, 3.05) is 7.11 Å². The average Bonchev–Trinajstić information content (AvgIpc) is 2.45. The summed E-state index contributed by atoms with van der Waals surface area (Å²) in [6.07, 6.45) is -4.74. The van der Waals surface area contributed by atoms with Gasteiger partial charge >= 0.3 is 6.36 Å². The summed E-state index contributed by atoms with van der Waals surface area (Å²) >= 11 is 0. The first-order valence-corrected chi connectivity index (χ1v) is 6.15. The van der Waals surface area contributed by atoms with Crippen molar-refractivity contribution in [3.8, 4) is 22.6 Å². The van der Waals surface area contributed by atoms with E-state index in [1.54, 1.807) is 30.3 Å². The number of alkyl halides is 3. The molecular formula is C15H14F3NO2. The smallest absolute Gasteiger partial charge is 0.497 e. The van der Waals surface area contributed by atoms with Crippen LogP contribution in [0.3, 0.4) is 0 Å². The van der Waals surface area contributed by atoms with Gasteiger partial charge in [0, 0.05) is 6.54 Å². The summed E-state index contributed by atoms with van der Waals surface area (Å²) in [5.41, 5.74) is 7.37. The van der Waals surface area contributed by atoms with Gasteiger partial charge in [-0.05, 0) is 47.0 Å². The number of hydrogen-bond acceptors (Lipinski definition) is 3. The minimum atomic E-state index is -4.74. The summed E-state index contributed by atoms with van der Waals surface area (Å²) in [7, 11) is 1.52. The van der Waals surface area contributed by atoms with E-state index in [1.807, 2.05) is 0 Å². The first kappa shape index (κ1) is 15.2. The predicted octanol–water partition coefficient (Wildman–Crippen LogP) is 3.72. The molecule has 3 nitrogen and oxygen atoms in total. The summed E-state index contributed by atoms with van der Waals surface area (Å²) in [6.45, 7) is 0.117. The zero-order chi connectivity index (χ0) is 15.5. The molecule has 0 fully saturated rings. The van der Waals surface area contributed by atoms with Gasteiger partial charge in [0.15, 0.2) is 0 Å². The molecule has 6 heteroatoms. The van der Waals surface area contributed by atoms with Crippen LogP contribution in [0.25, 0.3) is 11.1 Å². The maximum Gasteiger partial charge on any atom is 0.573 e. The van der Waals surface area contributed by atoms with Gasteiger partial charge in [-0.15, -0.1) is 13.2 Å². The van der Waals surface area contributed by atoms with Gasteiger partial charge in [0.05, 0.1) is 7.11 Å². The molecule has 0 aromatic heterocycles. The monoisotopic (exact) mass is 297 g/mol. The zero-order valence-electron chi connectivity index (χ0n) is 11.3. The maximum atomic E-state index is 12.4. The minimum absolute atomic E-state index is 0.117. The first-order chi connectivity index (χ1) is 9.91. The number of benzene rings is 2. The summed E-state index contributed by atoms with van der Waals surface area (Å²) in [6, 6.07) is 11.3. The molecule has 2 rings (SSSR count). The molecule has 2 aromatic rings. The zero-order valence-corrected chi connectivity index (χ0v) is 11.3. The Balaban J connectivity index is 2.44. The van der Waals surface area contributed by atoms with Crippen molar-refractivity contribution in [1.29, 1.82) is 0 Å². The maximum absolute atomic E-state index is 12.4. The van der Waals surface area contributed by atoms with E-state index in [4.69, 9.17) is 10.5 Å². The summed E-state index contributed by atoms with van der Waals surface area (Å²) in [5, 5.41) is 0. The fraction of sp³-hybridized carbons (Fsp3) is 0.200. The van der Waals surface area contributed by atoms with Crippen LogP contribution in [0, 0.1) is 0 Å². The van der Waals surface area contributed by atoms with Crippen LogP contribution in [-0.2, 0) is 6.54 Å². The molecule has 112 valence electrons. The lowest BCUT2D eigenvalue weighted by Crippen LogP contribution is -2.17. The third-order valence-corrected chi connectivity index (χ3v) is 2.84. The van der Waals surface area contributed by atoms with E-state index in [9.17, 15) is 13.2 Å². The SMILES string of the molecule is COc1cccc(-c2cc(CN)cc(OC(F)(F)F)c2)c1. The molecule has 0 amide bonds. The molecule has 2 aromatic carbocycles. The number of rotatable bonds is 4. The van der Waals surface area contributed by atoms with Gasteiger partial charge < -0.3 is 15.2 Å². The fourth-order valence-corrected chi connectivity index (χ4v) is 1.94. The highest BCUT2D eigenvalue weighted by molar-refractivity contribution is 5.67. The van der Waals surface area contributed by atoms with E-state index in [1.165, 1.54) is 19.2 Å². The molecule has 0 spiro atoms. The second kappa shape index (κ2) is 6.05. The van der Waals surface area contributed by atoms with E-state index in [0.717, 1.165) is 5.56 Å². The van der Waals surface area contributed by atoms with Crippen molar-refractivity contribution in [3.63, 3.8) is 0 Å². The van der Waals surface area contributed by atoms with Crippen molar-refractivity contribution >= 4 is 0 Å². The average molecular weight is 297 g/mol. The highest BCUT2D eigenvalue weighted by Gasteiger charge is 2.31. The second-order valence-electron chi connectivity index (χ2n) is 4.35. The van der Waals surface area contributed by atoms with Gasteiger partial charge in [-0.2, -0.15) is 0 Å². The van der Waals surface area contributed by atoms with Gasteiger partial charge in [-0.1, -0.05) is 12.1 Å². The van der Waals surface area contributed by atoms with E-state index < -0.39 is 6.36 Å². The van der Waals surface area contributed by atoms with Crippen molar-refractivity contribution < 1.29 is 22.6 Å². The lowest BCUT2D eigenvalue weighted by atomic mass is 10.0. The van der Waals surface area contributed by atoms with Crippen LogP contribution in [0.2, 0.25) is 0 Å². The fourth-order valence-electron chi connectivity index (χ4n) is 1.94. The van der Waals surface area contributed by atoms with Crippen molar-refractivity contribution in [3.05, 3.63) is 48.0 Å². The standard InChI is InChI=1S/C15H14F3NO2/c1-20-13-4-2-3-11(7-13)12-5-10(9-19)6-14(8-12)21-15(16,17)18/h2-8H,9,19H2,1H3. The Morgan fingerprint density at radius 2 is 1.71 bits per heavy atom. The molecule has 0 bridgehead atoms. The Morgan fingerprint density at radius 3 is 2.33 bits per heavy atom. The molecule has 0 radical (unpaired) electrons. The number of halogens is 3. The Morgan fingerprint density at radius 1 is 1.00 bits per heavy atom. The highest BCUT2D eigenvalue weighted by Crippen LogP contribution is 2.31. The molecular weight excluding hydrogens is 283 g/mol. The third-order valence-electron chi connectivity index (χ3n) is 2.84. The number of ether oxygens (including phenoxy) is 2. The lowest BCUT2D eigenvalue weighted by molar-refractivity contribution is -0.274. The van der Waals surface area contributed by atoms with Crippen molar-refractivity contribution in [2.24, 2.45) is 5.73 Å². The van der Waals surface area contributed by atoms with E-state index in [2.05, 4.69) is 4.74 Å². The first-order valence-electron chi connectivity index (χ1n) is 6.15. The topological polar surface area (TPSA) is 44.5 Å². The van der Waals surface area contributed by atoms with E-state index in [0.29, 0.717) is 16.9 Å². The molecule has 0 aliphatic carbocycles. The van der Waals surface area contributed by atoms with Crippen LogP contribution in [-0.4, -0.2) is 13.5 Å². The summed E-state index contributed by atoms with van der Waals surface area (Å²) in [5.74, 6) is 0.326. The molecule has 0 atom stereocenters. The molecule has 2 N–H and O–H groups in total.